The van der Waals surface area contributed by atoms with Gasteiger partial charge in [-0.25, -0.2) is 4.79 Å². The molecular formula is C15H20N2O3. The van der Waals surface area contributed by atoms with Crippen molar-refractivity contribution in [2.24, 2.45) is 0 Å². The molecule has 2 N–H and O–H groups in total. The van der Waals surface area contributed by atoms with E-state index in [0.717, 1.165) is 18.5 Å². The highest BCUT2D eigenvalue weighted by atomic mass is 16.4. The minimum atomic E-state index is -0.904. The number of benzene rings is 1. The molecule has 5 heteroatoms. The second kappa shape index (κ2) is 6.41. The largest absolute Gasteiger partial charge is 0.481 e. The predicted molar refractivity (Wildman–Crippen MR) is 77.0 cm³/mol. The Morgan fingerprint density at radius 1 is 1.25 bits per heavy atom. The van der Waals surface area contributed by atoms with Gasteiger partial charge in [-0.15, -0.1) is 0 Å². The number of carboxylic acids is 1. The summed E-state index contributed by atoms with van der Waals surface area (Å²) in [5.74, 6) is -0.904. The number of hydrogen-bond donors (Lipinski definition) is 2. The van der Waals surface area contributed by atoms with Crippen molar-refractivity contribution in [3.05, 3.63) is 29.3 Å². The van der Waals surface area contributed by atoms with Gasteiger partial charge < -0.3 is 15.3 Å². The third-order valence-corrected chi connectivity index (χ3v) is 3.61. The molecule has 2 amide bonds. The van der Waals surface area contributed by atoms with E-state index in [1.54, 1.807) is 7.05 Å². The predicted octanol–water partition coefficient (Wildman–Crippen LogP) is 2.50. The molecule has 0 saturated heterocycles. The summed E-state index contributed by atoms with van der Waals surface area (Å²) >= 11 is 0. The third kappa shape index (κ3) is 3.73. The summed E-state index contributed by atoms with van der Waals surface area (Å²) in [5, 5.41) is 11.4. The van der Waals surface area contributed by atoms with Crippen LogP contribution in [0.25, 0.3) is 0 Å². The smallest absolute Gasteiger partial charge is 0.321 e. The molecule has 0 atom stereocenters. The number of fused-ring (bicyclic) bond motifs is 1. The number of hydrogen-bond acceptors (Lipinski definition) is 2. The molecule has 108 valence electrons. The lowest BCUT2D eigenvalue weighted by Gasteiger charge is -2.19. The maximum Gasteiger partial charge on any atom is 0.321 e. The van der Waals surface area contributed by atoms with Crippen LogP contribution in [0.4, 0.5) is 10.5 Å². The second-order valence-corrected chi connectivity index (χ2v) is 5.19. The highest BCUT2D eigenvalue weighted by molar-refractivity contribution is 5.89. The Labute approximate surface area is 118 Å². The van der Waals surface area contributed by atoms with Crippen molar-refractivity contribution in [2.45, 2.75) is 32.1 Å². The number of amides is 2. The lowest BCUT2D eigenvalue weighted by molar-refractivity contribution is -0.137. The van der Waals surface area contributed by atoms with Gasteiger partial charge in [-0.2, -0.15) is 0 Å². The molecule has 0 bridgehead atoms. The van der Waals surface area contributed by atoms with Crippen LogP contribution < -0.4 is 5.32 Å². The van der Waals surface area contributed by atoms with Crippen LogP contribution in [0.3, 0.4) is 0 Å². The van der Waals surface area contributed by atoms with Crippen molar-refractivity contribution in [3.63, 3.8) is 0 Å². The van der Waals surface area contributed by atoms with Gasteiger partial charge in [0.2, 0.25) is 0 Å². The van der Waals surface area contributed by atoms with Crippen molar-refractivity contribution in [3.8, 4) is 0 Å². The molecular weight excluding hydrogens is 256 g/mol. The third-order valence-electron chi connectivity index (χ3n) is 3.61. The summed E-state index contributed by atoms with van der Waals surface area (Å²) in [5.41, 5.74) is 3.45. The SMILES string of the molecule is CN(CCC(=O)O)C(=O)Nc1ccc2c(c1)CCCC2. The summed E-state index contributed by atoms with van der Waals surface area (Å²) in [6, 6.07) is 5.73. The van der Waals surface area contributed by atoms with Crippen LogP contribution in [0, 0.1) is 0 Å². The van der Waals surface area contributed by atoms with Gasteiger partial charge in [0, 0.05) is 19.3 Å². The highest BCUT2D eigenvalue weighted by Crippen LogP contribution is 2.24. The number of urea groups is 1. The first-order chi connectivity index (χ1) is 9.56. The standard InChI is InChI=1S/C15H20N2O3/c1-17(9-8-14(18)19)15(20)16-13-7-6-11-4-2-3-5-12(11)10-13/h6-7,10H,2-5,8-9H2,1H3,(H,16,20)(H,18,19). The van der Waals surface area contributed by atoms with Crippen LogP contribution in [-0.2, 0) is 17.6 Å². The summed E-state index contributed by atoms with van der Waals surface area (Å²) in [7, 11) is 1.59. The monoisotopic (exact) mass is 276 g/mol. The van der Waals surface area contributed by atoms with Crippen molar-refractivity contribution >= 4 is 17.7 Å². The molecule has 2 rings (SSSR count). The van der Waals surface area contributed by atoms with Crippen molar-refractivity contribution in [1.82, 2.24) is 4.90 Å². The number of carboxylic acid groups (broad SMARTS) is 1. The van der Waals surface area contributed by atoms with Crippen molar-refractivity contribution in [2.75, 3.05) is 18.9 Å². The second-order valence-electron chi connectivity index (χ2n) is 5.19. The zero-order valence-corrected chi connectivity index (χ0v) is 11.7. The number of aryl methyl sites for hydroxylation is 2. The van der Waals surface area contributed by atoms with Gasteiger partial charge in [-0.1, -0.05) is 6.07 Å². The lowest BCUT2D eigenvalue weighted by atomic mass is 9.91. The minimum Gasteiger partial charge on any atom is -0.481 e. The fraction of sp³-hybridized carbons (Fsp3) is 0.467. The van der Waals surface area contributed by atoms with E-state index in [0.29, 0.717) is 0 Å². The first-order valence-electron chi connectivity index (χ1n) is 6.92. The van der Waals surface area contributed by atoms with Gasteiger partial charge in [0.1, 0.15) is 0 Å². The molecule has 1 aromatic rings. The van der Waals surface area contributed by atoms with Crippen LogP contribution >= 0.6 is 0 Å². The van der Waals surface area contributed by atoms with E-state index in [2.05, 4.69) is 11.4 Å². The quantitative estimate of drug-likeness (QED) is 0.887. The normalized spacial score (nSPS) is 13.4. The Bertz CT molecular complexity index is 514. The Morgan fingerprint density at radius 2 is 1.95 bits per heavy atom. The van der Waals surface area contributed by atoms with Gasteiger partial charge in [0.05, 0.1) is 6.42 Å². The van der Waals surface area contributed by atoms with E-state index in [1.165, 1.54) is 28.9 Å². The molecule has 20 heavy (non-hydrogen) atoms. The molecule has 1 aromatic carbocycles. The maximum absolute atomic E-state index is 11.9. The zero-order valence-electron chi connectivity index (χ0n) is 11.7. The summed E-state index contributed by atoms with van der Waals surface area (Å²) in [6.45, 7) is 0.201. The Hall–Kier alpha value is -2.04. The fourth-order valence-corrected chi connectivity index (χ4v) is 2.39. The van der Waals surface area contributed by atoms with Crippen LogP contribution in [0.5, 0.6) is 0 Å². The molecule has 5 nitrogen and oxygen atoms in total. The molecule has 0 fully saturated rings. The summed E-state index contributed by atoms with van der Waals surface area (Å²) < 4.78 is 0. The molecule has 0 heterocycles. The fourth-order valence-electron chi connectivity index (χ4n) is 2.39. The molecule has 0 saturated carbocycles. The number of carbonyl (C=O) groups excluding carboxylic acids is 1. The molecule has 0 radical (unpaired) electrons. The molecule has 1 aliphatic rings. The molecule has 0 spiro atoms. The lowest BCUT2D eigenvalue weighted by Crippen LogP contribution is -2.33. The first kappa shape index (κ1) is 14.4. The van der Waals surface area contributed by atoms with E-state index in [-0.39, 0.29) is 19.0 Å². The van der Waals surface area contributed by atoms with Crippen LogP contribution in [0.1, 0.15) is 30.4 Å². The number of nitrogens with zero attached hydrogens (tertiary/aromatic N) is 1. The van der Waals surface area contributed by atoms with Crippen molar-refractivity contribution in [1.29, 1.82) is 0 Å². The summed E-state index contributed by atoms with van der Waals surface area (Å²) in [6.07, 6.45) is 4.56. The highest BCUT2D eigenvalue weighted by Gasteiger charge is 2.13. The number of rotatable bonds is 4. The van der Waals surface area contributed by atoms with Gasteiger partial charge in [-0.05, 0) is 48.9 Å². The molecule has 0 unspecified atom stereocenters. The molecule has 0 aromatic heterocycles. The molecule has 1 aliphatic carbocycles. The number of anilines is 1. The van der Waals surface area contributed by atoms with Crippen LogP contribution in [0.2, 0.25) is 0 Å². The van der Waals surface area contributed by atoms with Gasteiger partial charge in [-0.3, -0.25) is 4.79 Å². The van der Waals surface area contributed by atoms with Crippen LogP contribution in [0.15, 0.2) is 18.2 Å². The number of nitrogens with one attached hydrogen (secondary N) is 1. The Balaban J connectivity index is 1.95. The van der Waals surface area contributed by atoms with E-state index < -0.39 is 5.97 Å². The average Bonchev–Trinajstić information content (AvgIpc) is 2.44. The topological polar surface area (TPSA) is 69.6 Å². The van der Waals surface area contributed by atoms with Crippen LogP contribution in [-0.4, -0.2) is 35.6 Å². The van der Waals surface area contributed by atoms with E-state index in [9.17, 15) is 9.59 Å². The van der Waals surface area contributed by atoms with Gasteiger partial charge in [0.25, 0.3) is 0 Å². The summed E-state index contributed by atoms with van der Waals surface area (Å²) in [4.78, 5) is 23.8. The Morgan fingerprint density at radius 3 is 2.65 bits per heavy atom. The minimum absolute atomic E-state index is 0.0475. The van der Waals surface area contributed by atoms with Gasteiger partial charge in [0.15, 0.2) is 0 Å². The van der Waals surface area contributed by atoms with Crippen molar-refractivity contribution < 1.29 is 14.7 Å². The van der Waals surface area contributed by atoms with E-state index in [1.807, 2.05) is 12.1 Å². The maximum atomic E-state index is 11.9. The first-order valence-corrected chi connectivity index (χ1v) is 6.92. The zero-order chi connectivity index (χ0) is 14.5. The number of aliphatic carboxylic acids is 1. The average molecular weight is 276 g/mol. The van der Waals surface area contributed by atoms with E-state index in [4.69, 9.17) is 5.11 Å². The molecule has 0 aliphatic heterocycles. The Kier molecular flexibility index (Phi) is 4.61. The van der Waals surface area contributed by atoms with E-state index >= 15 is 0 Å². The van der Waals surface area contributed by atoms with Gasteiger partial charge >= 0.3 is 12.0 Å². The number of carbonyl (C=O) groups is 2.